The Morgan fingerprint density at radius 2 is 1.83 bits per heavy atom. The highest BCUT2D eigenvalue weighted by molar-refractivity contribution is 5.97. The van der Waals surface area contributed by atoms with E-state index < -0.39 is 17.8 Å². The standard InChI is InChI=1S/C22H26FN3O3/c23-19-8-4-7-18(16-19)21(27)25-20(15-17-5-2-1-3-6-17)22(28)24-9-10-26-11-13-29-14-12-26/h1-8,16,20H,9-15H2,(H,24,28)(H,25,27)/t20-/m0/s1. The quantitative estimate of drug-likeness (QED) is 0.708. The van der Waals surface area contributed by atoms with Crippen LogP contribution in [0.3, 0.4) is 0 Å². The predicted octanol–water partition coefficient (Wildman–Crippen LogP) is 1.62. The molecule has 0 unspecified atom stereocenters. The lowest BCUT2D eigenvalue weighted by atomic mass is 10.0. The van der Waals surface area contributed by atoms with Gasteiger partial charge in [-0.3, -0.25) is 14.5 Å². The molecular weight excluding hydrogens is 373 g/mol. The summed E-state index contributed by atoms with van der Waals surface area (Å²) in [6.45, 7) is 4.31. The van der Waals surface area contributed by atoms with Crippen molar-refractivity contribution in [3.05, 3.63) is 71.5 Å². The number of halogens is 1. The van der Waals surface area contributed by atoms with Crippen LogP contribution in [0.5, 0.6) is 0 Å². The van der Waals surface area contributed by atoms with E-state index in [2.05, 4.69) is 15.5 Å². The zero-order valence-electron chi connectivity index (χ0n) is 16.3. The summed E-state index contributed by atoms with van der Waals surface area (Å²) < 4.78 is 18.8. The van der Waals surface area contributed by atoms with Crippen molar-refractivity contribution in [2.75, 3.05) is 39.4 Å². The van der Waals surface area contributed by atoms with Gasteiger partial charge in [-0.25, -0.2) is 4.39 Å². The van der Waals surface area contributed by atoms with Crippen molar-refractivity contribution in [1.82, 2.24) is 15.5 Å². The molecule has 154 valence electrons. The highest BCUT2D eigenvalue weighted by atomic mass is 19.1. The summed E-state index contributed by atoms with van der Waals surface area (Å²) in [6, 6.07) is 14.2. The second-order valence-corrected chi connectivity index (χ2v) is 6.97. The molecule has 0 spiro atoms. The number of nitrogens with one attached hydrogen (secondary N) is 2. The van der Waals surface area contributed by atoms with Crippen molar-refractivity contribution in [2.24, 2.45) is 0 Å². The van der Waals surface area contributed by atoms with E-state index in [0.29, 0.717) is 26.2 Å². The van der Waals surface area contributed by atoms with E-state index in [4.69, 9.17) is 4.74 Å². The topological polar surface area (TPSA) is 70.7 Å². The molecule has 1 aliphatic heterocycles. The lowest BCUT2D eigenvalue weighted by molar-refractivity contribution is -0.123. The lowest BCUT2D eigenvalue weighted by Gasteiger charge is -2.27. The molecule has 1 heterocycles. The zero-order valence-corrected chi connectivity index (χ0v) is 16.3. The fourth-order valence-corrected chi connectivity index (χ4v) is 3.22. The molecule has 1 atom stereocenters. The Balaban J connectivity index is 1.61. The summed E-state index contributed by atoms with van der Waals surface area (Å²) in [5.74, 6) is -1.23. The third-order valence-corrected chi connectivity index (χ3v) is 4.82. The average molecular weight is 399 g/mol. The van der Waals surface area contributed by atoms with E-state index in [1.807, 2.05) is 30.3 Å². The molecule has 29 heavy (non-hydrogen) atoms. The van der Waals surface area contributed by atoms with E-state index in [1.54, 1.807) is 0 Å². The van der Waals surface area contributed by atoms with Crippen molar-refractivity contribution in [3.63, 3.8) is 0 Å². The lowest BCUT2D eigenvalue weighted by Crippen LogP contribution is -2.50. The van der Waals surface area contributed by atoms with Gasteiger partial charge in [0.25, 0.3) is 5.91 Å². The van der Waals surface area contributed by atoms with E-state index in [1.165, 1.54) is 18.2 Å². The molecule has 2 amide bonds. The summed E-state index contributed by atoms with van der Waals surface area (Å²) in [4.78, 5) is 27.5. The Hall–Kier alpha value is -2.77. The van der Waals surface area contributed by atoms with Crippen LogP contribution >= 0.6 is 0 Å². The third-order valence-electron chi connectivity index (χ3n) is 4.82. The molecule has 2 aromatic carbocycles. The monoisotopic (exact) mass is 399 g/mol. The number of benzene rings is 2. The fourth-order valence-electron chi connectivity index (χ4n) is 3.22. The second kappa shape index (κ2) is 10.7. The maximum atomic E-state index is 13.4. The molecule has 0 bridgehead atoms. The summed E-state index contributed by atoms with van der Waals surface area (Å²) in [5.41, 5.74) is 1.12. The summed E-state index contributed by atoms with van der Waals surface area (Å²) in [6.07, 6.45) is 0.352. The molecular formula is C22H26FN3O3. The Morgan fingerprint density at radius 1 is 1.07 bits per heavy atom. The summed E-state index contributed by atoms with van der Waals surface area (Å²) in [7, 11) is 0. The van der Waals surface area contributed by atoms with Crippen molar-refractivity contribution in [2.45, 2.75) is 12.5 Å². The molecule has 0 aliphatic carbocycles. The van der Waals surface area contributed by atoms with Gasteiger partial charge in [-0.15, -0.1) is 0 Å². The zero-order chi connectivity index (χ0) is 20.5. The van der Waals surface area contributed by atoms with Crippen LogP contribution in [0.1, 0.15) is 15.9 Å². The van der Waals surface area contributed by atoms with Gasteiger partial charge in [0.15, 0.2) is 0 Å². The number of nitrogens with zero attached hydrogens (tertiary/aromatic N) is 1. The van der Waals surface area contributed by atoms with Crippen LogP contribution < -0.4 is 10.6 Å². The Kier molecular flexibility index (Phi) is 7.72. The Morgan fingerprint density at radius 3 is 2.55 bits per heavy atom. The molecule has 1 saturated heterocycles. The largest absolute Gasteiger partial charge is 0.379 e. The van der Waals surface area contributed by atoms with Crippen LogP contribution in [0.4, 0.5) is 4.39 Å². The second-order valence-electron chi connectivity index (χ2n) is 6.97. The van der Waals surface area contributed by atoms with Gasteiger partial charge in [-0.05, 0) is 23.8 Å². The highest BCUT2D eigenvalue weighted by Gasteiger charge is 2.22. The summed E-state index contributed by atoms with van der Waals surface area (Å²) >= 11 is 0. The number of hydrogen-bond acceptors (Lipinski definition) is 4. The van der Waals surface area contributed by atoms with Crippen molar-refractivity contribution < 1.29 is 18.7 Å². The van der Waals surface area contributed by atoms with Crippen molar-refractivity contribution >= 4 is 11.8 Å². The van der Waals surface area contributed by atoms with Crippen LogP contribution in [-0.4, -0.2) is 62.1 Å². The minimum absolute atomic E-state index is 0.184. The number of carbonyl (C=O) groups is 2. The predicted molar refractivity (Wildman–Crippen MR) is 108 cm³/mol. The van der Waals surface area contributed by atoms with Gasteiger partial charge in [0.05, 0.1) is 13.2 Å². The number of carbonyl (C=O) groups excluding carboxylic acids is 2. The summed E-state index contributed by atoms with van der Waals surface area (Å²) in [5, 5.41) is 5.65. The molecule has 0 radical (unpaired) electrons. The Bertz CT molecular complexity index is 810. The van der Waals surface area contributed by atoms with Gasteiger partial charge in [-0.1, -0.05) is 36.4 Å². The van der Waals surface area contributed by atoms with E-state index in [-0.39, 0.29) is 11.5 Å². The number of ether oxygens (including phenoxy) is 1. The van der Waals surface area contributed by atoms with E-state index >= 15 is 0 Å². The van der Waals surface area contributed by atoms with Crippen LogP contribution in [-0.2, 0) is 16.0 Å². The first-order valence-corrected chi connectivity index (χ1v) is 9.80. The van der Waals surface area contributed by atoms with Crippen LogP contribution in [0, 0.1) is 5.82 Å². The minimum Gasteiger partial charge on any atom is -0.379 e. The molecule has 2 aromatic rings. The van der Waals surface area contributed by atoms with E-state index in [9.17, 15) is 14.0 Å². The van der Waals surface area contributed by atoms with Gasteiger partial charge in [0, 0.05) is 38.2 Å². The van der Waals surface area contributed by atoms with Gasteiger partial charge in [0.2, 0.25) is 5.91 Å². The van der Waals surface area contributed by atoms with Crippen LogP contribution in [0.25, 0.3) is 0 Å². The third kappa shape index (κ3) is 6.66. The maximum absolute atomic E-state index is 13.4. The normalized spacial score (nSPS) is 15.5. The SMILES string of the molecule is O=C(N[C@@H](Cc1ccccc1)C(=O)NCCN1CCOCC1)c1cccc(F)c1. The Labute approximate surface area is 170 Å². The van der Waals surface area contributed by atoms with Gasteiger partial charge < -0.3 is 15.4 Å². The van der Waals surface area contributed by atoms with Crippen LogP contribution in [0.2, 0.25) is 0 Å². The molecule has 7 heteroatoms. The highest BCUT2D eigenvalue weighted by Crippen LogP contribution is 2.07. The molecule has 3 rings (SSSR count). The molecule has 1 fully saturated rings. The molecule has 6 nitrogen and oxygen atoms in total. The molecule has 0 aromatic heterocycles. The van der Waals surface area contributed by atoms with Crippen molar-refractivity contribution in [1.29, 1.82) is 0 Å². The number of hydrogen-bond donors (Lipinski definition) is 2. The van der Waals surface area contributed by atoms with Gasteiger partial charge in [-0.2, -0.15) is 0 Å². The molecule has 2 N–H and O–H groups in total. The minimum atomic E-state index is -0.752. The maximum Gasteiger partial charge on any atom is 0.252 e. The van der Waals surface area contributed by atoms with Gasteiger partial charge in [0.1, 0.15) is 11.9 Å². The number of rotatable bonds is 8. The first-order chi connectivity index (χ1) is 14.1. The molecule has 1 aliphatic rings. The first-order valence-electron chi connectivity index (χ1n) is 9.80. The molecule has 0 saturated carbocycles. The number of amides is 2. The average Bonchev–Trinajstić information content (AvgIpc) is 2.74. The first kappa shape index (κ1) is 21.0. The number of morpholine rings is 1. The smallest absolute Gasteiger partial charge is 0.252 e. The van der Waals surface area contributed by atoms with Gasteiger partial charge >= 0.3 is 0 Å². The van der Waals surface area contributed by atoms with E-state index in [0.717, 1.165) is 31.3 Å². The van der Waals surface area contributed by atoms with Crippen molar-refractivity contribution in [3.8, 4) is 0 Å². The van der Waals surface area contributed by atoms with Crippen LogP contribution in [0.15, 0.2) is 54.6 Å². The fraction of sp³-hybridized carbons (Fsp3) is 0.364.